The van der Waals surface area contributed by atoms with Gasteiger partial charge in [-0.2, -0.15) is 0 Å². The summed E-state index contributed by atoms with van der Waals surface area (Å²) in [7, 11) is -4.21. The molecular formula is C34H36ClN3O4S. The van der Waals surface area contributed by atoms with Gasteiger partial charge in [-0.3, -0.25) is 13.9 Å². The van der Waals surface area contributed by atoms with Crippen LogP contribution in [0.4, 0.5) is 5.69 Å². The number of para-hydroxylation sites is 1. The van der Waals surface area contributed by atoms with Gasteiger partial charge in [-0.15, -0.1) is 0 Å². The minimum Gasteiger partial charge on any atom is -0.352 e. The number of amides is 2. The van der Waals surface area contributed by atoms with Crippen molar-refractivity contribution in [3.63, 3.8) is 0 Å². The third-order valence-corrected chi connectivity index (χ3v) is 9.29. The maximum atomic E-state index is 14.4. The molecule has 2 amide bonds. The summed E-state index contributed by atoms with van der Waals surface area (Å²) in [5, 5.41) is 3.22. The Kier molecular flexibility index (Phi) is 11.0. The molecule has 0 saturated heterocycles. The van der Waals surface area contributed by atoms with E-state index in [0.29, 0.717) is 6.42 Å². The summed E-state index contributed by atoms with van der Waals surface area (Å²) in [6.45, 7) is 3.43. The lowest BCUT2D eigenvalue weighted by Crippen LogP contribution is -2.54. The molecular weight excluding hydrogens is 582 g/mol. The van der Waals surface area contributed by atoms with E-state index in [1.54, 1.807) is 42.5 Å². The Morgan fingerprint density at radius 3 is 1.91 bits per heavy atom. The highest BCUT2D eigenvalue weighted by molar-refractivity contribution is 7.92. The van der Waals surface area contributed by atoms with Crippen molar-refractivity contribution in [3.05, 3.63) is 131 Å². The van der Waals surface area contributed by atoms with Crippen LogP contribution in [0.5, 0.6) is 0 Å². The van der Waals surface area contributed by atoms with Gasteiger partial charge >= 0.3 is 0 Å². The number of nitrogens with one attached hydrogen (secondary N) is 1. The van der Waals surface area contributed by atoms with Gasteiger partial charge in [0.2, 0.25) is 11.8 Å². The Labute approximate surface area is 259 Å². The molecule has 4 aromatic carbocycles. The number of sulfonamides is 1. The molecule has 0 fully saturated rings. The predicted molar refractivity (Wildman–Crippen MR) is 171 cm³/mol. The molecule has 0 aliphatic heterocycles. The average Bonchev–Trinajstić information content (AvgIpc) is 3.03. The molecule has 224 valence electrons. The van der Waals surface area contributed by atoms with Gasteiger partial charge in [0, 0.05) is 19.0 Å². The Morgan fingerprint density at radius 1 is 0.791 bits per heavy atom. The number of benzene rings is 4. The second-order valence-electron chi connectivity index (χ2n) is 10.3. The van der Waals surface area contributed by atoms with Crippen LogP contribution >= 0.6 is 11.6 Å². The number of carbonyl (C=O) groups is 2. The fourth-order valence-electron chi connectivity index (χ4n) is 4.66. The lowest BCUT2D eigenvalue weighted by molar-refractivity contribution is -0.140. The number of hydrogen-bond donors (Lipinski definition) is 1. The first-order valence-corrected chi connectivity index (χ1v) is 16.0. The van der Waals surface area contributed by atoms with Crippen LogP contribution in [0.3, 0.4) is 0 Å². The molecule has 0 aromatic heterocycles. The first-order chi connectivity index (χ1) is 20.7. The Balaban J connectivity index is 1.79. The maximum absolute atomic E-state index is 14.4. The van der Waals surface area contributed by atoms with Gasteiger partial charge in [-0.25, -0.2) is 8.42 Å². The van der Waals surface area contributed by atoms with Crippen LogP contribution in [0.1, 0.15) is 31.4 Å². The summed E-state index contributed by atoms with van der Waals surface area (Å²) in [5.41, 5.74) is 1.85. The normalized spacial score (nSPS) is 12.6. The second-order valence-corrected chi connectivity index (χ2v) is 12.6. The highest BCUT2D eigenvalue weighted by atomic mass is 35.5. The molecule has 0 spiro atoms. The fourth-order valence-corrected chi connectivity index (χ4v) is 6.40. The number of halogens is 1. The number of carbonyl (C=O) groups excluding carboxylic acids is 2. The van der Waals surface area contributed by atoms with Crippen LogP contribution in [0, 0.1) is 0 Å². The first-order valence-electron chi connectivity index (χ1n) is 14.2. The van der Waals surface area contributed by atoms with Crippen molar-refractivity contribution in [3.8, 4) is 0 Å². The maximum Gasteiger partial charge on any atom is 0.264 e. The molecule has 7 nitrogen and oxygen atoms in total. The Morgan fingerprint density at radius 2 is 1.33 bits per heavy atom. The zero-order valence-corrected chi connectivity index (χ0v) is 25.8. The van der Waals surface area contributed by atoms with E-state index in [-0.39, 0.29) is 40.5 Å². The molecule has 0 heterocycles. The molecule has 9 heteroatoms. The van der Waals surface area contributed by atoms with Crippen molar-refractivity contribution < 1.29 is 18.0 Å². The number of rotatable bonds is 13. The van der Waals surface area contributed by atoms with Crippen LogP contribution in [0.15, 0.2) is 120 Å². The monoisotopic (exact) mass is 617 g/mol. The quantitative estimate of drug-likeness (QED) is 0.197. The Bertz CT molecular complexity index is 1600. The van der Waals surface area contributed by atoms with Crippen molar-refractivity contribution in [1.29, 1.82) is 0 Å². The van der Waals surface area contributed by atoms with Crippen molar-refractivity contribution in [1.82, 2.24) is 10.2 Å². The van der Waals surface area contributed by atoms with Crippen LogP contribution in [0.25, 0.3) is 0 Å². The van der Waals surface area contributed by atoms with Gasteiger partial charge in [0.05, 0.1) is 15.6 Å². The van der Waals surface area contributed by atoms with E-state index in [0.717, 1.165) is 15.4 Å². The summed E-state index contributed by atoms with van der Waals surface area (Å²) in [6.07, 6.45) is 0.964. The summed E-state index contributed by atoms with van der Waals surface area (Å²) >= 11 is 6.50. The van der Waals surface area contributed by atoms with Gasteiger partial charge in [0.1, 0.15) is 12.6 Å². The number of nitrogens with zero attached hydrogens (tertiary/aromatic N) is 2. The molecule has 43 heavy (non-hydrogen) atoms. The van der Waals surface area contributed by atoms with E-state index in [9.17, 15) is 18.0 Å². The van der Waals surface area contributed by atoms with E-state index in [1.807, 2.05) is 74.5 Å². The molecule has 0 saturated carbocycles. The second kappa shape index (κ2) is 14.8. The summed E-state index contributed by atoms with van der Waals surface area (Å²) in [4.78, 5) is 29.7. The van der Waals surface area contributed by atoms with Crippen LogP contribution in [-0.2, 0) is 32.6 Å². The molecule has 0 unspecified atom stereocenters. The minimum absolute atomic E-state index is 0.0210. The Hall–Kier alpha value is -4.14. The molecule has 2 atom stereocenters. The summed E-state index contributed by atoms with van der Waals surface area (Å²) in [5.74, 6) is -0.846. The van der Waals surface area contributed by atoms with Gasteiger partial charge in [0.15, 0.2) is 0 Å². The minimum atomic E-state index is -4.21. The standard InChI is InChI=1S/C34H36ClN3O4S/c1-3-26(2)36-34(40)32(23-27-15-7-4-8-16-27)37(24-28-17-9-5-10-18-28)33(39)25-38(31-22-14-13-21-30(31)35)43(41,42)29-19-11-6-12-20-29/h4-22,26,32H,3,23-25H2,1-2H3,(H,36,40)/t26-,32-/m0/s1. The predicted octanol–water partition coefficient (Wildman–Crippen LogP) is 6.09. The van der Waals surface area contributed by atoms with Crippen LogP contribution < -0.4 is 9.62 Å². The van der Waals surface area contributed by atoms with Crippen molar-refractivity contribution in [2.45, 2.75) is 50.2 Å². The summed E-state index contributed by atoms with van der Waals surface area (Å²) in [6, 6.07) is 32.2. The van der Waals surface area contributed by atoms with Crippen LogP contribution in [0.2, 0.25) is 5.02 Å². The molecule has 0 aliphatic carbocycles. The molecule has 4 rings (SSSR count). The van der Waals surface area contributed by atoms with Crippen molar-refractivity contribution >= 4 is 39.1 Å². The van der Waals surface area contributed by atoms with Gasteiger partial charge < -0.3 is 10.2 Å². The van der Waals surface area contributed by atoms with E-state index in [4.69, 9.17) is 11.6 Å². The SMILES string of the molecule is CC[C@H](C)NC(=O)[C@H](Cc1ccccc1)N(Cc1ccccc1)C(=O)CN(c1ccccc1Cl)S(=O)(=O)c1ccccc1. The zero-order valence-electron chi connectivity index (χ0n) is 24.3. The topological polar surface area (TPSA) is 86.8 Å². The van der Waals surface area contributed by atoms with Crippen molar-refractivity contribution in [2.24, 2.45) is 0 Å². The highest BCUT2D eigenvalue weighted by Gasteiger charge is 2.35. The van der Waals surface area contributed by atoms with E-state index < -0.39 is 28.5 Å². The third kappa shape index (κ3) is 8.24. The number of hydrogen-bond acceptors (Lipinski definition) is 4. The first kappa shape index (κ1) is 31.8. The van der Waals surface area contributed by atoms with E-state index in [1.165, 1.54) is 17.0 Å². The largest absolute Gasteiger partial charge is 0.352 e. The lowest BCUT2D eigenvalue weighted by atomic mass is 10.0. The van der Waals surface area contributed by atoms with Crippen molar-refractivity contribution in [2.75, 3.05) is 10.8 Å². The summed E-state index contributed by atoms with van der Waals surface area (Å²) < 4.78 is 29.0. The third-order valence-electron chi connectivity index (χ3n) is 7.20. The average molecular weight is 618 g/mol. The lowest BCUT2D eigenvalue weighted by Gasteiger charge is -2.34. The smallest absolute Gasteiger partial charge is 0.264 e. The van der Waals surface area contributed by atoms with Gasteiger partial charge in [0.25, 0.3) is 10.0 Å². The van der Waals surface area contributed by atoms with Crippen LogP contribution in [-0.4, -0.2) is 43.8 Å². The molecule has 4 aromatic rings. The molecule has 1 N–H and O–H groups in total. The number of anilines is 1. The zero-order chi connectivity index (χ0) is 30.8. The molecule has 0 bridgehead atoms. The highest BCUT2D eigenvalue weighted by Crippen LogP contribution is 2.31. The molecule has 0 radical (unpaired) electrons. The molecule has 0 aliphatic rings. The van der Waals surface area contributed by atoms with Gasteiger partial charge in [-0.1, -0.05) is 110 Å². The fraction of sp³-hybridized carbons (Fsp3) is 0.235. The van der Waals surface area contributed by atoms with E-state index >= 15 is 0 Å². The van der Waals surface area contributed by atoms with E-state index in [2.05, 4.69) is 5.32 Å². The van der Waals surface area contributed by atoms with Gasteiger partial charge in [-0.05, 0) is 48.7 Å².